The van der Waals surface area contributed by atoms with Crippen LogP contribution in [0.5, 0.6) is 11.5 Å². The Morgan fingerprint density at radius 2 is 1.83 bits per heavy atom. The molecule has 0 aliphatic carbocycles. The van der Waals surface area contributed by atoms with Gasteiger partial charge in [0.2, 0.25) is 5.13 Å². The van der Waals surface area contributed by atoms with Crippen LogP contribution in [0.1, 0.15) is 5.69 Å². The summed E-state index contributed by atoms with van der Waals surface area (Å²) >= 11 is 4.77. The zero-order valence-electron chi connectivity index (χ0n) is 15.8. The van der Waals surface area contributed by atoms with Gasteiger partial charge in [-0.3, -0.25) is 0 Å². The molecule has 0 aliphatic rings. The fraction of sp³-hybridized carbons (Fsp3) is 0.150. The van der Waals surface area contributed by atoms with E-state index in [4.69, 9.17) is 14.5 Å². The number of hydrogen-bond acceptors (Lipinski definition) is 9. The molecule has 0 saturated carbocycles. The summed E-state index contributed by atoms with van der Waals surface area (Å²) in [6.07, 6.45) is 0. The molecule has 29 heavy (non-hydrogen) atoms. The zero-order valence-corrected chi connectivity index (χ0v) is 18.2. The van der Waals surface area contributed by atoms with E-state index in [1.54, 1.807) is 37.3 Å². The van der Waals surface area contributed by atoms with Gasteiger partial charge in [-0.05, 0) is 36.4 Å². The molecule has 0 spiro atoms. The van der Waals surface area contributed by atoms with E-state index < -0.39 is 0 Å². The topological polar surface area (TPSA) is 69.2 Å². The van der Waals surface area contributed by atoms with Crippen LogP contribution in [0, 0.1) is 0 Å². The van der Waals surface area contributed by atoms with Crippen molar-refractivity contribution in [3.63, 3.8) is 0 Å². The van der Waals surface area contributed by atoms with Gasteiger partial charge >= 0.3 is 0 Å². The molecule has 148 valence electrons. The molecular formula is C20H18N4O2S3. The fourth-order valence-electron chi connectivity index (χ4n) is 2.57. The molecule has 0 atom stereocenters. The highest BCUT2D eigenvalue weighted by atomic mass is 32.2. The molecule has 0 fully saturated rings. The number of para-hydroxylation sites is 1. The van der Waals surface area contributed by atoms with Crippen LogP contribution in [-0.2, 0) is 5.75 Å². The van der Waals surface area contributed by atoms with Gasteiger partial charge < -0.3 is 14.8 Å². The third kappa shape index (κ3) is 4.87. The minimum Gasteiger partial charge on any atom is -0.497 e. The summed E-state index contributed by atoms with van der Waals surface area (Å²) in [5, 5.41) is 15.5. The van der Waals surface area contributed by atoms with Gasteiger partial charge in [-0.1, -0.05) is 35.2 Å². The normalized spacial score (nSPS) is 10.7. The van der Waals surface area contributed by atoms with Crippen LogP contribution in [0.25, 0.3) is 10.6 Å². The number of ether oxygens (including phenoxy) is 2. The van der Waals surface area contributed by atoms with Crippen molar-refractivity contribution in [3.05, 3.63) is 59.6 Å². The lowest BCUT2D eigenvalue weighted by Crippen LogP contribution is -1.89. The van der Waals surface area contributed by atoms with E-state index in [1.165, 1.54) is 11.3 Å². The lowest BCUT2D eigenvalue weighted by atomic mass is 10.2. The second kappa shape index (κ2) is 9.25. The Balaban J connectivity index is 1.37. The van der Waals surface area contributed by atoms with Crippen LogP contribution in [0.4, 0.5) is 10.8 Å². The van der Waals surface area contributed by atoms with Gasteiger partial charge in [0, 0.05) is 16.8 Å². The summed E-state index contributed by atoms with van der Waals surface area (Å²) in [6.45, 7) is 0. The molecule has 2 heterocycles. The molecule has 2 aromatic heterocycles. The molecular weight excluding hydrogens is 424 g/mol. The number of methoxy groups -OCH3 is 2. The average Bonchev–Trinajstić information content (AvgIpc) is 3.42. The Bertz CT molecular complexity index is 1080. The first kappa shape index (κ1) is 19.7. The molecule has 0 saturated heterocycles. The molecule has 0 unspecified atom stereocenters. The second-order valence-corrected chi connectivity index (χ2v) is 8.92. The van der Waals surface area contributed by atoms with E-state index in [9.17, 15) is 0 Å². The number of benzene rings is 2. The van der Waals surface area contributed by atoms with Gasteiger partial charge in [-0.25, -0.2) is 4.98 Å². The number of hydrogen-bond donors (Lipinski definition) is 1. The third-order valence-electron chi connectivity index (χ3n) is 3.98. The molecule has 9 heteroatoms. The fourth-order valence-corrected chi connectivity index (χ4v) is 5.19. The first-order valence-electron chi connectivity index (χ1n) is 8.70. The van der Waals surface area contributed by atoms with Crippen molar-refractivity contribution >= 4 is 45.3 Å². The summed E-state index contributed by atoms with van der Waals surface area (Å²) in [5.41, 5.74) is 2.97. The molecule has 0 aliphatic heterocycles. The van der Waals surface area contributed by atoms with E-state index in [-0.39, 0.29) is 0 Å². The Morgan fingerprint density at radius 3 is 2.62 bits per heavy atom. The van der Waals surface area contributed by atoms with Crippen LogP contribution in [0.3, 0.4) is 0 Å². The molecule has 1 N–H and O–H groups in total. The Kier molecular flexibility index (Phi) is 6.28. The minimum absolute atomic E-state index is 0.739. The second-order valence-electron chi connectivity index (χ2n) is 5.86. The zero-order chi connectivity index (χ0) is 20.1. The Labute approximate surface area is 181 Å². The molecule has 2 aromatic carbocycles. The Hall–Kier alpha value is -2.62. The van der Waals surface area contributed by atoms with E-state index in [2.05, 4.69) is 20.9 Å². The van der Waals surface area contributed by atoms with E-state index in [0.717, 1.165) is 48.7 Å². The molecule has 0 bridgehead atoms. The number of thiazole rings is 1. The lowest BCUT2D eigenvalue weighted by molar-refractivity contribution is 0.415. The maximum absolute atomic E-state index is 5.43. The van der Waals surface area contributed by atoms with Gasteiger partial charge in [-0.2, -0.15) is 0 Å². The van der Waals surface area contributed by atoms with Crippen LogP contribution < -0.4 is 14.8 Å². The highest BCUT2D eigenvalue weighted by Gasteiger charge is 2.11. The summed E-state index contributed by atoms with van der Waals surface area (Å²) in [7, 11) is 3.33. The van der Waals surface area contributed by atoms with Crippen molar-refractivity contribution in [2.24, 2.45) is 0 Å². The largest absolute Gasteiger partial charge is 0.497 e. The number of thioether (sulfide) groups is 1. The maximum atomic E-state index is 5.43. The molecule has 4 rings (SSSR count). The first-order chi connectivity index (χ1) is 14.2. The van der Waals surface area contributed by atoms with Crippen molar-refractivity contribution in [3.8, 4) is 22.1 Å². The monoisotopic (exact) mass is 442 g/mol. The van der Waals surface area contributed by atoms with Crippen molar-refractivity contribution < 1.29 is 9.47 Å². The standard InChI is InChI=1S/C20H18N4O2S3/c1-25-15-9-7-13(8-10-15)22-19-23-24-20(29-19)28-12-14-11-27-18(21-14)16-5-3-4-6-17(16)26-2/h3-11H,12H2,1-2H3,(H,22,23). The van der Waals surface area contributed by atoms with Crippen LogP contribution in [-0.4, -0.2) is 29.4 Å². The number of aromatic nitrogens is 3. The maximum Gasteiger partial charge on any atom is 0.210 e. The van der Waals surface area contributed by atoms with Crippen molar-refractivity contribution in [1.82, 2.24) is 15.2 Å². The van der Waals surface area contributed by atoms with Crippen molar-refractivity contribution in [2.75, 3.05) is 19.5 Å². The Morgan fingerprint density at radius 1 is 1.00 bits per heavy atom. The van der Waals surface area contributed by atoms with E-state index in [0.29, 0.717) is 0 Å². The van der Waals surface area contributed by atoms with Crippen LogP contribution >= 0.6 is 34.4 Å². The lowest BCUT2D eigenvalue weighted by Gasteiger charge is -2.04. The van der Waals surface area contributed by atoms with E-state index >= 15 is 0 Å². The molecule has 0 amide bonds. The summed E-state index contributed by atoms with van der Waals surface area (Å²) in [6, 6.07) is 15.6. The number of rotatable bonds is 8. The van der Waals surface area contributed by atoms with Gasteiger partial charge in [-0.15, -0.1) is 21.5 Å². The summed E-state index contributed by atoms with van der Waals surface area (Å²) in [5.74, 6) is 2.39. The van der Waals surface area contributed by atoms with Gasteiger partial charge in [0.25, 0.3) is 0 Å². The molecule has 0 radical (unpaired) electrons. The van der Waals surface area contributed by atoms with Crippen molar-refractivity contribution in [1.29, 1.82) is 0 Å². The smallest absolute Gasteiger partial charge is 0.210 e. The number of anilines is 2. The number of nitrogens with zero attached hydrogens (tertiary/aromatic N) is 3. The van der Waals surface area contributed by atoms with Crippen molar-refractivity contribution in [2.45, 2.75) is 10.1 Å². The molecule has 4 aromatic rings. The van der Waals surface area contributed by atoms with E-state index in [1.807, 2.05) is 48.5 Å². The van der Waals surface area contributed by atoms with Gasteiger partial charge in [0.05, 0.1) is 25.5 Å². The minimum atomic E-state index is 0.739. The third-order valence-corrected chi connectivity index (χ3v) is 6.91. The predicted molar refractivity (Wildman–Crippen MR) is 120 cm³/mol. The SMILES string of the molecule is COc1ccc(Nc2nnc(SCc3csc(-c4ccccc4OC)n3)s2)cc1. The average molecular weight is 443 g/mol. The highest BCUT2D eigenvalue weighted by molar-refractivity contribution is 8.00. The summed E-state index contributed by atoms with van der Waals surface area (Å²) < 4.78 is 11.5. The predicted octanol–water partition coefficient (Wildman–Crippen LogP) is 5.71. The highest BCUT2D eigenvalue weighted by Crippen LogP contribution is 2.34. The summed E-state index contributed by atoms with van der Waals surface area (Å²) in [4.78, 5) is 4.74. The molecule has 6 nitrogen and oxygen atoms in total. The number of nitrogens with one attached hydrogen (secondary N) is 1. The first-order valence-corrected chi connectivity index (χ1v) is 11.4. The quantitative estimate of drug-likeness (QED) is 0.350. The van der Waals surface area contributed by atoms with Crippen LogP contribution in [0.2, 0.25) is 0 Å². The van der Waals surface area contributed by atoms with Gasteiger partial charge in [0.1, 0.15) is 16.5 Å². The van der Waals surface area contributed by atoms with Crippen LogP contribution in [0.15, 0.2) is 58.3 Å². The van der Waals surface area contributed by atoms with Gasteiger partial charge in [0.15, 0.2) is 4.34 Å².